The van der Waals surface area contributed by atoms with Crippen molar-refractivity contribution in [1.29, 1.82) is 0 Å². The number of rotatable bonds is 3. The predicted octanol–water partition coefficient (Wildman–Crippen LogP) is 1.99. The van der Waals surface area contributed by atoms with Crippen molar-refractivity contribution in [3.63, 3.8) is 0 Å². The van der Waals surface area contributed by atoms with Gasteiger partial charge in [-0.1, -0.05) is 20.1 Å². The van der Waals surface area contributed by atoms with Crippen molar-refractivity contribution >= 4 is 0 Å². The van der Waals surface area contributed by atoms with Crippen molar-refractivity contribution < 1.29 is 0 Å². The third kappa shape index (κ3) is 1.82. The number of hydrogen-bond donors (Lipinski definition) is 0. The van der Waals surface area contributed by atoms with Gasteiger partial charge in [-0.05, 0) is 12.6 Å². The lowest BCUT2D eigenvalue weighted by atomic mass is 10.3. The second kappa shape index (κ2) is 3.30. The molecular formula is C7H13N. The molecule has 0 fully saturated rings. The van der Waals surface area contributed by atoms with Crippen LogP contribution in [0.1, 0.15) is 13.3 Å². The van der Waals surface area contributed by atoms with Gasteiger partial charge in [0.25, 0.3) is 0 Å². The second-order valence-corrected chi connectivity index (χ2v) is 1.71. The summed E-state index contributed by atoms with van der Waals surface area (Å²) >= 11 is 0. The molecule has 0 unspecified atom stereocenters. The molecule has 0 bridgehead atoms. The summed E-state index contributed by atoms with van der Waals surface area (Å²) in [5.41, 5.74) is 1.10. The third-order valence-electron chi connectivity index (χ3n) is 1.18. The van der Waals surface area contributed by atoms with Crippen molar-refractivity contribution in [1.82, 2.24) is 4.90 Å². The van der Waals surface area contributed by atoms with E-state index < -0.39 is 0 Å². The molecule has 0 heterocycles. The minimum absolute atomic E-state index is 0.989. The van der Waals surface area contributed by atoms with Crippen LogP contribution in [-0.4, -0.2) is 11.9 Å². The van der Waals surface area contributed by atoms with Crippen LogP contribution in [0, 0.1) is 0 Å². The smallest absolute Gasteiger partial charge is 0.0108 e. The highest BCUT2D eigenvalue weighted by atomic mass is 15.1. The Labute approximate surface area is 51.3 Å². The van der Waals surface area contributed by atoms with Gasteiger partial charge in [-0.3, -0.25) is 0 Å². The molecule has 8 heavy (non-hydrogen) atoms. The molecule has 0 aliphatic carbocycles. The highest BCUT2D eigenvalue weighted by Gasteiger charge is 1.89. The zero-order valence-corrected chi connectivity index (χ0v) is 5.65. The number of hydrogen-bond acceptors (Lipinski definition) is 1. The van der Waals surface area contributed by atoms with Crippen molar-refractivity contribution in [2.75, 3.05) is 7.05 Å². The second-order valence-electron chi connectivity index (χ2n) is 1.71. The normalized spacial score (nSPS) is 8.25. The Morgan fingerprint density at radius 3 is 2.38 bits per heavy atom. The number of nitrogens with zero attached hydrogens (tertiary/aromatic N) is 1. The minimum atomic E-state index is 0.989. The van der Waals surface area contributed by atoms with E-state index in [9.17, 15) is 0 Å². The Hall–Kier alpha value is -0.720. The standard InChI is InChI=1S/C7H13N/c1-5-7(3)8(4)6-2/h6H,2-3,5H2,1,4H3. The van der Waals surface area contributed by atoms with Crippen molar-refractivity contribution in [3.05, 3.63) is 25.1 Å². The van der Waals surface area contributed by atoms with Gasteiger partial charge in [-0.2, -0.15) is 0 Å². The van der Waals surface area contributed by atoms with Gasteiger partial charge in [0, 0.05) is 12.7 Å². The van der Waals surface area contributed by atoms with Gasteiger partial charge < -0.3 is 4.90 Å². The molecule has 0 saturated carbocycles. The molecule has 0 saturated heterocycles. The lowest BCUT2D eigenvalue weighted by Gasteiger charge is -2.13. The lowest BCUT2D eigenvalue weighted by Crippen LogP contribution is -2.06. The molecule has 0 aliphatic heterocycles. The van der Waals surface area contributed by atoms with E-state index in [0.717, 1.165) is 12.1 Å². The van der Waals surface area contributed by atoms with E-state index in [2.05, 4.69) is 20.1 Å². The molecule has 0 aliphatic rings. The molecule has 0 amide bonds. The van der Waals surface area contributed by atoms with Crippen LogP contribution in [0.25, 0.3) is 0 Å². The summed E-state index contributed by atoms with van der Waals surface area (Å²) in [4.78, 5) is 1.92. The maximum atomic E-state index is 3.80. The first-order valence-corrected chi connectivity index (χ1v) is 2.75. The monoisotopic (exact) mass is 111 g/mol. The van der Waals surface area contributed by atoms with Crippen molar-refractivity contribution in [2.24, 2.45) is 0 Å². The van der Waals surface area contributed by atoms with Gasteiger partial charge in [0.15, 0.2) is 0 Å². The summed E-state index contributed by atoms with van der Waals surface area (Å²) in [6.45, 7) is 9.47. The third-order valence-corrected chi connectivity index (χ3v) is 1.18. The van der Waals surface area contributed by atoms with Crippen LogP contribution in [0.2, 0.25) is 0 Å². The lowest BCUT2D eigenvalue weighted by molar-refractivity contribution is 0.551. The molecule has 0 N–H and O–H groups in total. The van der Waals surface area contributed by atoms with E-state index >= 15 is 0 Å². The Morgan fingerprint density at radius 1 is 1.75 bits per heavy atom. The van der Waals surface area contributed by atoms with Crippen LogP contribution < -0.4 is 0 Å². The Bertz CT molecular complexity index is 94.6. The summed E-state index contributed by atoms with van der Waals surface area (Å²) in [6.07, 6.45) is 2.74. The largest absolute Gasteiger partial charge is 0.356 e. The Morgan fingerprint density at radius 2 is 2.25 bits per heavy atom. The highest BCUT2D eigenvalue weighted by Crippen LogP contribution is 2.00. The van der Waals surface area contributed by atoms with Gasteiger partial charge >= 0.3 is 0 Å². The topological polar surface area (TPSA) is 3.24 Å². The fourth-order valence-electron chi connectivity index (χ4n) is 0.379. The molecule has 1 nitrogen and oxygen atoms in total. The molecule has 0 radical (unpaired) electrons. The SMILES string of the molecule is C=CN(C)C(=C)CC. The molecule has 0 spiro atoms. The molecule has 0 atom stereocenters. The van der Waals surface area contributed by atoms with E-state index in [1.54, 1.807) is 6.20 Å². The fourth-order valence-corrected chi connectivity index (χ4v) is 0.379. The zero-order chi connectivity index (χ0) is 6.57. The predicted molar refractivity (Wildman–Crippen MR) is 37.4 cm³/mol. The van der Waals surface area contributed by atoms with Gasteiger partial charge in [0.05, 0.1) is 0 Å². The van der Waals surface area contributed by atoms with Crippen LogP contribution in [0.4, 0.5) is 0 Å². The van der Waals surface area contributed by atoms with Gasteiger partial charge in [0.2, 0.25) is 0 Å². The van der Waals surface area contributed by atoms with Crippen LogP contribution in [-0.2, 0) is 0 Å². The average Bonchev–Trinajstić information content (AvgIpc) is 1.84. The molecule has 0 aromatic rings. The van der Waals surface area contributed by atoms with Crippen LogP contribution in [0.15, 0.2) is 25.1 Å². The van der Waals surface area contributed by atoms with E-state index in [-0.39, 0.29) is 0 Å². The average molecular weight is 111 g/mol. The summed E-state index contributed by atoms with van der Waals surface area (Å²) in [5.74, 6) is 0. The Kier molecular flexibility index (Phi) is 3.01. The van der Waals surface area contributed by atoms with E-state index in [4.69, 9.17) is 0 Å². The molecule has 46 valence electrons. The number of allylic oxidation sites excluding steroid dienone is 1. The van der Waals surface area contributed by atoms with Crippen LogP contribution >= 0.6 is 0 Å². The van der Waals surface area contributed by atoms with Gasteiger partial charge in [-0.15, -0.1) is 0 Å². The van der Waals surface area contributed by atoms with Crippen molar-refractivity contribution in [2.45, 2.75) is 13.3 Å². The minimum Gasteiger partial charge on any atom is -0.356 e. The molecule has 0 aromatic heterocycles. The van der Waals surface area contributed by atoms with Crippen LogP contribution in [0.3, 0.4) is 0 Å². The summed E-state index contributed by atoms with van der Waals surface area (Å²) in [7, 11) is 1.94. The molecule has 1 heteroatoms. The van der Waals surface area contributed by atoms with Crippen LogP contribution in [0.5, 0.6) is 0 Å². The van der Waals surface area contributed by atoms with Gasteiger partial charge in [-0.25, -0.2) is 0 Å². The summed E-state index contributed by atoms with van der Waals surface area (Å²) < 4.78 is 0. The van der Waals surface area contributed by atoms with Gasteiger partial charge in [0.1, 0.15) is 0 Å². The highest BCUT2D eigenvalue weighted by molar-refractivity contribution is 4.94. The fraction of sp³-hybridized carbons (Fsp3) is 0.429. The van der Waals surface area contributed by atoms with Crippen molar-refractivity contribution in [3.8, 4) is 0 Å². The summed E-state index contributed by atoms with van der Waals surface area (Å²) in [5, 5.41) is 0. The molecular weight excluding hydrogens is 98.1 g/mol. The molecule has 0 rings (SSSR count). The first-order valence-electron chi connectivity index (χ1n) is 2.75. The maximum absolute atomic E-state index is 3.80. The van der Waals surface area contributed by atoms with E-state index in [0.29, 0.717) is 0 Å². The van der Waals surface area contributed by atoms with E-state index in [1.165, 1.54) is 0 Å². The quantitative estimate of drug-likeness (QED) is 0.538. The first kappa shape index (κ1) is 7.28. The zero-order valence-electron chi connectivity index (χ0n) is 5.65. The Balaban J connectivity index is 3.62. The summed E-state index contributed by atoms with van der Waals surface area (Å²) in [6, 6.07) is 0. The maximum Gasteiger partial charge on any atom is 0.0108 e. The van der Waals surface area contributed by atoms with E-state index in [1.807, 2.05) is 11.9 Å². The molecule has 0 aromatic carbocycles. The first-order chi connectivity index (χ1) is 3.72.